The summed E-state index contributed by atoms with van der Waals surface area (Å²) in [6.07, 6.45) is 0. The van der Waals surface area contributed by atoms with Gasteiger partial charge in [0, 0.05) is 13.6 Å². The van der Waals surface area contributed by atoms with Gasteiger partial charge in [-0.3, -0.25) is 9.59 Å². The van der Waals surface area contributed by atoms with Crippen molar-refractivity contribution in [2.24, 2.45) is 0 Å². The maximum absolute atomic E-state index is 12.7. The second-order valence-corrected chi connectivity index (χ2v) is 8.94. The Balaban J connectivity index is 1.49. The number of fused-ring (bicyclic) bond motifs is 2. The number of hydrogen-bond acceptors (Lipinski definition) is 5. The molecule has 0 spiro atoms. The van der Waals surface area contributed by atoms with Gasteiger partial charge in [0.05, 0.1) is 12.7 Å². The van der Waals surface area contributed by atoms with E-state index in [0.29, 0.717) is 4.31 Å². The van der Waals surface area contributed by atoms with Crippen LogP contribution in [0.25, 0.3) is 10.8 Å². The maximum atomic E-state index is 12.7. The number of ether oxygens (including phenoxy) is 1. The van der Waals surface area contributed by atoms with Gasteiger partial charge in [-0.15, -0.1) is 0 Å². The van der Waals surface area contributed by atoms with Gasteiger partial charge < -0.3 is 9.64 Å². The number of benzene rings is 3. The van der Waals surface area contributed by atoms with E-state index in [4.69, 9.17) is 4.74 Å². The molecule has 0 saturated heterocycles. The summed E-state index contributed by atoms with van der Waals surface area (Å²) in [7, 11) is -0.813. The van der Waals surface area contributed by atoms with Crippen LogP contribution in [0.3, 0.4) is 0 Å². The van der Waals surface area contributed by atoms with Crippen LogP contribution in [0.2, 0.25) is 0 Å². The van der Waals surface area contributed by atoms with E-state index in [1.165, 1.54) is 17.0 Å². The third-order valence-corrected chi connectivity index (χ3v) is 6.94. The van der Waals surface area contributed by atoms with Crippen molar-refractivity contribution in [2.75, 3.05) is 20.7 Å². The summed E-state index contributed by atoms with van der Waals surface area (Å²) >= 11 is 0. The number of methoxy groups -OCH3 is 1. The minimum absolute atomic E-state index is 0.0598. The molecule has 1 aliphatic rings. The molecule has 4 rings (SSSR count). The van der Waals surface area contributed by atoms with E-state index in [0.717, 1.165) is 22.1 Å². The van der Waals surface area contributed by atoms with E-state index in [1.54, 1.807) is 26.3 Å². The summed E-state index contributed by atoms with van der Waals surface area (Å²) in [4.78, 5) is 26.5. The molecule has 30 heavy (non-hydrogen) atoms. The van der Waals surface area contributed by atoms with Gasteiger partial charge in [0.15, 0.2) is 0 Å². The zero-order chi connectivity index (χ0) is 21.5. The van der Waals surface area contributed by atoms with E-state index >= 15 is 0 Å². The predicted octanol–water partition coefficient (Wildman–Crippen LogP) is 2.65. The highest BCUT2D eigenvalue weighted by molar-refractivity contribution is 7.90. The Bertz CT molecular complexity index is 1270. The molecule has 1 aliphatic heterocycles. The number of amides is 2. The molecule has 0 N–H and O–H groups in total. The van der Waals surface area contributed by atoms with Crippen molar-refractivity contribution in [3.8, 4) is 5.75 Å². The molecule has 0 saturated carbocycles. The van der Waals surface area contributed by atoms with Crippen LogP contribution in [0, 0.1) is 0 Å². The number of sulfonamides is 1. The Labute approximate surface area is 174 Å². The van der Waals surface area contributed by atoms with Crippen LogP contribution in [-0.2, 0) is 21.4 Å². The molecule has 3 aromatic carbocycles. The highest BCUT2D eigenvalue weighted by Gasteiger charge is 2.42. The van der Waals surface area contributed by atoms with Crippen molar-refractivity contribution in [1.82, 2.24) is 9.21 Å². The largest absolute Gasteiger partial charge is 0.497 e. The van der Waals surface area contributed by atoms with Crippen LogP contribution in [0.15, 0.2) is 65.6 Å². The molecular formula is C22H20N2O5S. The smallest absolute Gasteiger partial charge is 0.269 e. The number of carbonyl (C=O) groups excluding carboxylic acids is 2. The lowest BCUT2D eigenvalue weighted by Crippen LogP contribution is -2.40. The fourth-order valence-electron chi connectivity index (χ4n) is 3.49. The topological polar surface area (TPSA) is 84.0 Å². The first-order chi connectivity index (χ1) is 14.3. The lowest BCUT2D eigenvalue weighted by atomic mass is 10.1. The van der Waals surface area contributed by atoms with E-state index < -0.39 is 28.4 Å². The van der Waals surface area contributed by atoms with Gasteiger partial charge >= 0.3 is 0 Å². The van der Waals surface area contributed by atoms with E-state index in [-0.39, 0.29) is 17.0 Å². The monoisotopic (exact) mass is 424 g/mol. The van der Waals surface area contributed by atoms with Crippen molar-refractivity contribution in [1.29, 1.82) is 0 Å². The van der Waals surface area contributed by atoms with Crippen LogP contribution in [0.1, 0.15) is 15.9 Å². The standard InChI is InChI=1S/C22H20N2O5S/c1-23(13-15-7-8-17-12-18(29-2)10-9-16(17)11-15)21(25)14-24-22(26)19-5-3-4-6-20(19)30(24,27)28/h3-12H,13-14H2,1-2H3. The molecule has 1 heterocycles. The van der Waals surface area contributed by atoms with Crippen molar-refractivity contribution in [2.45, 2.75) is 11.4 Å². The molecule has 2 amide bonds. The number of likely N-dealkylation sites (N-methyl/N-ethyl adjacent to an activating group) is 1. The second-order valence-electron chi connectivity index (χ2n) is 7.11. The fraction of sp³-hybridized carbons (Fsp3) is 0.182. The molecule has 0 fully saturated rings. The zero-order valence-corrected chi connectivity index (χ0v) is 17.3. The summed E-state index contributed by atoms with van der Waals surface area (Å²) in [5.41, 5.74) is 0.986. The lowest BCUT2D eigenvalue weighted by molar-refractivity contribution is -0.130. The van der Waals surface area contributed by atoms with Crippen LogP contribution in [0.5, 0.6) is 5.75 Å². The SMILES string of the molecule is COc1ccc2cc(CN(C)C(=O)CN3C(=O)c4ccccc4S3(=O)=O)ccc2c1. The summed E-state index contributed by atoms with van der Waals surface area (Å²) in [5, 5.41) is 2.01. The molecule has 0 atom stereocenters. The van der Waals surface area contributed by atoms with Crippen LogP contribution < -0.4 is 4.74 Å². The molecule has 0 unspecified atom stereocenters. The Kier molecular flexibility index (Phi) is 4.95. The molecular weight excluding hydrogens is 404 g/mol. The summed E-state index contributed by atoms with van der Waals surface area (Å²) in [6.45, 7) is -0.243. The summed E-state index contributed by atoms with van der Waals surface area (Å²) in [6, 6.07) is 17.5. The number of rotatable bonds is 5. The van der Waals surface area contributed by atoms with Gasteiger partial charge in [-0.1, -0.05) is 30.3 Å². The van der Waals surface area contributed by atoms with Crippen molar-refractivity contribution >= 4 is 32.6 Å². The first kappa shape index (κ1) is 19.9. The maximum Gasteiger partial charge on any atom is 0.269 e. The highest BCUT2D eigenvalue weighted by atomic mass is 32.2. The van der Waals surface area contributed by atoms with E-state index in [2.05, 4.69) is 0 Å². The van der Waals surface area contributed by atoms with Crippen LogP contribution in [0.4, 0.5) is 0 Å². The van der Waals surface area contributed by atoms with Gasteiger partial charge in [-0.2, -0.15) is 0 Å². The molecule has 8 heteroatoms. The van der Waals surface area contributed by atoms with Crippen molar-refractivity contribution in [3.63, 3.8) is 0 Å². The van der Waals surface area contributed by atoms with Crippen LogP contribution >= 0.6 is 0 Å². The van der Waals surface area contributed by atoms with Gasteiger partial charge in [-0.05, 0) is 46.7 Å². The Hall–Kier alpha value is -3.39. The second kappa shape index (κ2) is 7.46. The molecule has 154 valence electrons. The zero-order valence-electron chi connectivity index (χ0n) is 16.5. The molecule has 0 aromatic heterocycles. The average Bonchev–Trinajstić information content (AvgIpc) is 2.94. The Morgan fingerprint density at radius 1 is 1.03 bits per heavy atom. The van der Waals surface area contributed by atoms with Gasteiger partial charge in [0.1, 0.15) is 17.2 Å². The molecule has 3 aromatic rings. The van der Waals surface area contributed by atoms with Crippen LogP contribution in [-0.4, -0.2) is 50.1 Å². The first-order valence-corrected chi connectivity index (χ1v) is 10.7. The molecule has 7 nitrogen and oxygen atoms in total. The Morgan fingerprint density at radius 3 is 2.47 bits per heavy atom. The van der Waals surface area contributed by atoms with E-state index in [9.17, 15) is 18.0 Å². The number of hydrogen-bond donors (Lipinski definition) is 0. The van der Waals surface area contributed by atoms with E-state index in [1.807, 2.05) is 36.4 Å². The number of carbonyl (C=O) groups is 2. The molecule has 0 radical (unpaired) electrons. The highest BCUT2D eigenvalue weighted by Crippen LogP contribution is 2.30. The third-order valence-electron chi connectivity index (χ3n) is 5.15. The van der Waals surface area contributed by atoms with Crippen molar-refractivity contribution in [3.05, 3.63) is 71.8 Å². The summed E-state index contributed by atoms with van der Waals surface area (Å²) in [5.74, 6) is -0.374. The van der Waals surface area contributed by atoms with Gasteiger partial charge in [-0.25, -0.2) is 12.7 Å². The van der Waals surface area contributed by atoms with Gasteiger partial charge in [0.25, 0.3) is 15.9 Å². The normalized spacial score (nSPS) is 14.6. The lowest BCUT2D eigenvalue weighted by Gasteiger charge is -2.21. The summed E-state index contributed by atoms with van der Waals surface area (Å²) < 4.78 is 31.1. The third kappa shape index (κ3) is 3.39. The minimum Gasteiger partial charge on any atom is -0.497 e. The molecule has 0 bridgehead atoms. The first-order valence-electron chi connectivity index (χ1n) is 9.28. The fourth-order valence-corrected chi connectivity index (χ4v) is 5.01. The predicted molar refractivity (Wildman–Crippen MR) is 112 cm³/mol. The average molecular weight is 424 g/mol. The van der Waals surface area contributed by atoms with Gasteiger partial charge in [0.2, 0.25) is 5.91 Å². The number of nitrogens with zero attached hydrogens (tertiary/aromatic N) is 2. The van der Waals surface area contributed by atoms with Crippen molar-refractivity contribution < 1.29 is 22.7 Å². The quantitative estimate of drug-likeness (QED) is 0.629. The minimum atomic E-state index is -4.01. The Morgan fingerprint density at radius 2 is 1.73 bits per heavy atom. The molecule has 0 aliphatic carbocycles.